The van der Waals surface area contributed by atoms with Crippen molar-refractivity contribution in [1.82, 2.24) is 24.7 Å². The fourth-order valence-corrected chi connectivity index (χ4v) is 3.89. The van der Waals surface area contributed by atoms with Gasteiger partial charge in [-0.1, -0.05) is 0 Å². The van der Waals surface area contributed by atoms with Crippen LogP contribution >= 0.6 is 0 Å². The molecule has 1 atom stereocenters. The zero-order chi connectivity index (χ0) is 27.7. The zero-order valence-electron chi connectivity index (χ0n) is 19.7. The Labute approximate surface area is 210 Å². The number of rotatable bonds is 7. The van der Waals surface area contributed by atoms with E-state index in [0.717, 1.165) is 12.3 Å². The quantitative estimate of drug-likeness (QED) is 0.326. The summed E-state index contributed by atoms with van der Waals surface area (Å²) in [5.41, 5.74) is -3.51. The highest BCUT2D eigenvalue weighted by molar-refractivity contribution is 5.80. The highest BCUT2D eigenvalue weighted by atomic mass is 19.4. The summed E-state index contributed by atoms with van der Waals surface area (Å²) in [4.78, 5) is 32.6. The molecule has 0 aliphatic heterocycles. The fraction of sp³-hybridized carbons (Fsp3) is 0.292. The molecule has 0 aliphatic carbocycles. The topological polar surface area (TPSA) is 106 Å². The number of aromatic nitrogens is 5. The Morgan fingerprint density at radius 1 is 0.974 bits per heavy atom. The molecule has 0 radical (unpaired) electrons. The first-order valence-corrected chi connectivity index (χ1v) is 11.3. The summed E-state index contributed by atoms with van der Waals surface area (Å²) in [5, 5.41) is 8.14. The Morgan fingerprint density at radius 3 is 2.37 bits per heavy atom. The summed E-state index contributed by atoms with van der Waals surface area (Å²) in [6.07, 6.45) is -5.42. The second-order valence-electron chi connectivity index (χ2n) is 8.55. The standard InChI is InChI=1S/C24H20F6N6O2/c1-13(33-19-12-32-35-21(37)20(19)24(28,29)30)3-2-9-36-10-8-16-15(22(36)38)5-7-18(34-16)17-6-4-14(11-31-17)23(25,26)27/h4-8,10-13H,2-3,9H2,1H3,(H2,33,35,37)/t13-/m0/s1. The Kier molecular flexibility index (Phi) is 7.24. The van der Waals surface area contributed by atoms with E-state index in [0.29, 0.717) is 35.6 Å². The van der Waals surface area contributed by atoms with Crippen LogP contribution in [-0.4, -0.2) is 30.8 Å². The van der Waals surface area contributed by atoms with Crippen LogP contribution in [0.5, 0.6) is 0 Å². The molecule has 4 rings (SSSR count). The Morgan fingerprint density at radius 2 is 1.71 bits per heavy atom. The van der Waals surface area contributed by atoms with E-state index in [1.54, 1.807) is 18.1 Å². The smallest absolute Gasteiger partial charge is 0.381 e. The maximum absolute atomic E-state index is 13.2. The second kappa shape index (κ2) is 10.3. The van der Waals surface area contributed by atoms with Crippen molar-refractivity contribution in [1.29, 1.82) is 0 Å². The number of aryl methyl sites for hydroxylation is 1. The van der Waals surface area contributed by atoms with Crippen LogP contribution in [0.25, 0.3) is 22.3 Å². The van der Waals surface area contributed by atoms with Crippen molar-refractivity contribution in [2.45, 2.75) is 44.7 Å². The van der Waals surface area contributed by atoms with Crippen LogP contribution in [-0.2, 0) is 18.9 Å². The van der Waals surface area contributed by atoms with E-state index in [4.69, 9.17) is 0 Å². The summed E-state index contributed by atoms with van der Waals surface area (Å²) in [6, 6.07) is 6.23. The molecule has 14 heteroatoms. The van der Waals surface area contributed by atoms with Gasteiger partial charge >= 0.3 is 12.4 Å². The molecule has 0 bridgehead atoms. The third-order valence-corrected chi connectivity index (χ3v) is 5.76. The minimum Gasteiger partial charge on any atom is -0.381 e. The van der Waals surface area contributed by atoms with E-state index in [1.807, 2.05) is 0 Å². The van der Waals surface area contributed by atoms with E-state index in [2.05, 4.69) is 20.4 Å². The van der Waals surface area contributed by atoms with Gasteiger partial charge in [0, 0.05) is 25.0 Å². The van der Waals surface area contributed by atoms with Gasteiger partial charge in [-0.15, -0.1) is 0 Å². The number of anilines is 1. The number of nitrogens with one attached hydrogen (secondary N) is 2. The summed E-state index contributed by atoms with van der Waals surface area (Å²) >= 11 is 0. The number of hydrogen-bond donors (Lipinski definition) is 2. The van der Waals surface area contributed by atoms with Gasteiger partial charge < -0.3 is 9.88 Å². The minimum atomic E-state index is -4.85. The molecule has 0 saturated heterocycles. The molecule has 0 amide bonds. The first-order valence-electron chi connectivity index (χ1n) is 11.3. The van der Waals surface area contributed by atoms with E-state index in [9.17, 15) is 35.9 Å². The predicted molar refractivity (Wildman–Crippen MR) is 126 cm³/mol. The van der Waals surface area contributed by atoms with Gasteiger partial charge in [0.2, 0.25) is 0 Å². The van der Waals surface area contributed by atoms with Crippen LogP contribution in [0.4, 0.5) is 32.0 Å². The van der Waals surface area contributed by atoms with Crippen molar-refractivity contribution in [3.05, 3.63) is 80.8 Å². The van der Waals surface area contributed by atoms with Crippen LogP contribution in [0.1, 0.15) is 30.9 Å². The SMILES string of the molecule is C[C@@H](CCCn1ccc2nc(-c3ccc(C(F)(F)F)cn3)ccc2c1=O)Nc1cn[nH]c(=O)c1C(F)(F)F. The lowest BCUT2D eigenvalue weighted by Crippen LogP contribution is -2.27. The van der Waals surface area contributed by atoms with Gasteiger partial charge in [0.15, 0.2) is 0 Å². The van der Waals surface area contributed by atoms with Gasteiger partial charge in [-0.2, -0.15) is 31.4 Å². The van der Waals surface area contributed by atoms with Crippen molar-refractivity contribution in [2.75, 3.05) is 5.32 Å². The van der Waals surface area contributed by atoms with Gasteiger partial charge in [0.25, 0.3) is 11.1 Å². The van der Waals surface area contributed by atoms with Gasteiger partial charge in [-0.05, 0) is 50.1 Å². The van der Waals surface area contributed by atoms with Gasteiger partial charge in [0.05, 0.1) is 39.7 Å². The number of H-pyrrole nitrogens is 1. The predicted octanol–water partition coefficient (Wildman–Crippen LogP) is 4.86. The molecule has 0 saturated carbocycles. The lowest BCUT2D eigenvalue weighted by molar-refractivity contribution is -0.138. The van der Waals surface area contributed by atoms with Crippen molar-refractivity contribution in [3.8, 4) is 11.4 Å². The van der Waals surface area contributed by atoms with Crippen molar-refractivity contribution in [2.24, 2.45) is 0 Å². The molecule has 4 heterocycles. The molecule has 0 unspecified atom stereocenters. The first-order chi connectivity index (χ1) is 17.8. The normalized spacial score (nSPS) is 13.0. The molecule has 38 heavy (non-hydrogen) atoms. The molecule has 4 aromatic heterocycles. The largest absolute Gasteiger partial charge is 0.423 e. The first kappa shape index (κ1) is 26.8. The third kappa shape index (κ3) is 5.84. The van der Waals surface area contributed by atoms with Crippen LogP contribution in [0.3, 0.4) is 0 Å². The van der Waals surface area contributed by atoms with E-state index >= 15 is 0 Å². The summed E-state index contributed by atoms with van der Waals surface area (Å²) in [5.74, 6) is 0. The third-order valence-electron chi connectivity index (χ3n) is 5.76. The molecule has 0 fully saturated rings. The molecule has 4 aromatic rings. The Bertz CT molecular complexity index is 1560. The van der Waals surface area contributed by atoms with Crippen LogP contribution in [0.2, 0.25) is 0 Å². The minimum absolute atomic E-state index is 0.217. The average Bonchev–Trinajstić information content (AvgIpc) is 2.84. The lowest BCUT2D eigenvalue weighted by Gasteiger charge is -2.18. The molecular weight excluding hydrogens is 518 g/mol. The molecule has 2 N–H and O–H groups in total. The molecule has 0 spiro atoms. The molecule has 0 aliphatic rings. The summed E-state index contributed by atoms with van der Waals surface area (Å²) in [7, 11) is 0. The van der Waals surface area contributed by atoms with Crippen LogP contribution in [0, 0.1) is 0 Å². The highest BCUT2D eigenvalue weighted by Crippen LogP contribution is 2.32. The maximum atomic E-state index is 13.2. The number of fused-ring (bicyclic) bond motifs is 1. The number of nitrogens with zero attached hydrogens (tertiary/aromatic N) is 4. The Balaban J connectivity index is 1.43. The zero-order valence-corrected chi connectivity index (χ0v) is 19.7. The van der Waals surface area contributed by atoms with Crippen molar-refractivity contribution in [3.63, 3.8) is 0 Å². The number of hydrogen-bond acceptors (Lipinski definition) is 6. The molecule has 200 valence electrons. The fourth-order valence-electron chi connectivity index (χ4n) is 3.89. The van der Waals surface area contributed by atoms with Crippen LogP contribution in [0.15, 0.2) is 58.5 Å². The molecule has 0 aromatic carbocycles. The molecular formula is C24H20F6N6O2. The van der Waals surface area contributed by atoms with Gasteiger partial charge in [-0.3, -0.25) is 14.6 Å². The molecule has 8 nitrogen and oxygen atoms in total. The number of aromatic amines is 1. The summed E-state index contributed by atoms with van der Waals surface area (Å²) in [6.45, 7) is 1.91. The Hall–Kier alpha value is -4.23. The van der Waals surface area contributed by atoms with E-state index in [1.165, 1.54) is 29.0 Å². The summed E-state index contributed by atoms with van der Waals surface area (Å²) < 4.78 is 79.4. The van der Waals surface area contributed by atoms with Crippen molar-refractivity contribution >= 4 is 16.6 Å². The number of pyridine rings is 3. The van der Waals surface area contributed by atoms with Gasteiger partial charge in [-0.25, -0.2) is 10.1 Å². The van der Waals surface area contributed by atoms with Crippen molar-refractivity contribution < 1.29 is 26.3 Å². The van der Waals surface area contributed by atoms with Gasteiger partial charge in [0.1, 0.15) is 5.56 Å². The monoisotopic (exact) mass is 538 g/mol. The van der Waals surface area contributed by atoms with Crippen LogP contribution < -0.4 is 16.4 Å². The lowest BCUT2D eigenvalue weighted by atomic mass is 10.1. The van der Waals surface area contributed by atoms with E-state index < -0.39 is 40.8 Å². The van der Waals surface area contributed by atoms with E-state index in [-0.39, 0.29) is 17.8 Å². The highest BCUT2D eigenvalue weighted by Gasteiger charge is 2.37. The average molecular weight is 538 g/mol. The second-order valence-corrected chi connectivity index (χ2v) is 8.55. The maximum Gasteiger partial charge on any atom is 0.423 e. The number of halogens is 6. The number of alkyl halides is 6.